The highest BCUT2D eigenvalue weighted by atomic mass is 35.5. The Morgan fingerprint density at radius 3 is 2.33 bits per heavy atom. The van der Waals surface area contributed by atoms with Crippen LogP contribution in [0.15, 0.2) is 47.2 Å². The van der Waals surface area contributed by atoms with Gasteiger partial charge < -0.3 is 24.8 Å². The molecular weight excluding hydrogens is 511 g/mol. The maximum atomic E-state index is 11.9. The van der Waals surface area contributed by atoms with Crippen molar-refractivity contribution < 1.29 is 29.0 Å². The van der Waals surface area contributed by atoms with Gasteiger partial charge in [-0.05, 0) is 43.9 Å². The summed E-state index contributed by atoms with van der Waals surface area (Å²) in [6.45, 7) is 5.07. The molecule has 1 saturated carbocycles. The number of rotatable bonds is 8. The summed E-state index contributed by atoms with van der Waals surface area (Å²) in [5, 5.41) is 19.9. The first-order valence-corrected chi connectivity index (χ1v) is 12.2. The molecule has 194 valence electrons. The summed E-state index contributed by atoms with van der Waals surface area (Å²) in [6.07, 6.45) is 7.25. The monoisotopic (exact) mass is 538 g/mol. The Bertz CT molecular complexity index is 1050. The molecule has 0 spiro atoms. The number of hydrogen-bond acceptors (Lipinski definition) is 7. The predicted octanol–water partition coefficient (Wildman–Crippen LogP) is 3.41. The smallest absolute Gasteiger partial charge is 0.328 e. The zero-order chi connectivity index (χ0) is 26.1. The number of carbonyl (C=O) groups excluding carboxylic acids is 1. The Labute approximate surface area is 218 Å². The second-order valence-corrected chi connectivity index (χ2v) is 9.33. The van der Waals surface area contributed by atoms with E-state index < -0.39 is 11.9 Å². The summed E-state index contributed by atoms with van der Waals surface area (Å²) in [5.74, 6) is -1.92. The number of halogens is 2. The lowest BCUT2D eigenvalue weighted by Gasteiger charge is -2.39. The van der Waals surface area contributed by atoms with Crippen LogP contribution in [-0.4, -0.2) is 76.7 Å². The molecule has 12 heteroatoms. The van der Waals surface area contributed by atoms with Crippen molar-refractivity contribution in [2.45, 2.75) is 25.3 Å². The van der Waals surface area contributed by atoms with Crippen molar-refractivity contribution in [2.24, 2.45) is 5.92 Å². The maximum absolute atomic E-state index is 11.9. The Kier molecular flexibility index (Phi) is 10.2. The molecule has 4 rings (SSSR count). The minimum absolute atomic E-state index is 0.140. The highest BCUT2D eigenvalue weighted by Crippen LogP contribution is 2.33. The molecule has 1 aromatic carbocycles. The minimum Gasteiger partial charge on any atom is -0.478 e. The van der Waals surface area contributed by atoms with Crippen molar-refractivity contribution in [2.75, 3.05) is 37.6 Å². The molecule has 36 heavy (non-hydrogen) atoms. The van der Waals surface area contributed by atoms with E-state index >= 15 is 0 Å². The number of carbonyl (C=O) groups is 3. The normalized spacial score (nSPS) is 19.8. The topological polar surface area (TPSA) is 136 Å². The lowest BCUT2D eigenvalue weighted by Crippen LogP contribution is -2.48. The Balaban J connectivity index is 0.000000392. The van der Waals surface area contributed by atoms with Gasteiger partial charge in [0.15, 0.2) is 0 Å². The van der Waals surface area contributed by atoms with Gasteiger partial charge >= 0.3 is 17.8 Å². The molecule has 0 atom stereocenters. The average Bonchev–Trinajstić information content (AvgIpc) is 3.37. The summed E-state index contributed by atoms with van der Waals surface area (Å²) in [4.78, 5) is 39.7. The van der Waals surface area contributed by atoms with E-state index in [0.29, 0.717) is 28.1 Å². The molecule has 2 fully saturated rings. The van der Waals surface area contributed by atoms with E-state index in [1.165, 1.54) is 18.9 Å². The first-order valence-electron chi connectivity index (χ1n) is 11.5. The van der Waals surface area contributed by atoms with E-state index in [0.717, 1.165) is 51.3 Å². The van der Waals surface area contributed by atoms with Gasteiger partial charge in [-0.3, -0.25) is 9.69 Å². The van der Waals surface area contributed by atoms with E-state index in [4.69, 9.17) is 37.8 Å². The fraction of sp³-hybridized carbons (Fsp3) is 0.417. The number of benzene rings is 1. The van der Waals surface area contributed by atoms with Crippen molar-refractivity contribution in [1.29, 1.82) is 0 Å². The van der Waals surface area contributed by atoms with Crippen LogP contribution in [0.5, 0.6) is 0 Å². The van der Waals surface area contributed by atoms with Crippen molar-refractivity contribution >= 4 is 46.7 Å². The molecule has 1 aromatic heterocycles. The summed E-state index contributed by atoms with van der Waals surface area (Å²) >= 11 is 12.5. The number of aromatic nitrogens is 1. The van der Waals surface area contributed by atoms with Crippen LogP contribution in [0.2, 0.25) is 10.0 Å². The number of nitrogens with one attached hydrogen (secondary N) is 1. The van der Waals surface area contributed by atoms with Crippen LogP contribution in [-0.2, 0) is 9.59 Å². The van der Waals surface area contributed by atoms with E-state index in [-0.39, 0.29) is 17.8 Å². The largest absolute Gasteiger partial charge is 0.478 e. The first-order chi connectivity index (χ1) is 17.2. The number of oxazole rings is 1. The molecule has 2 aliphatic rings. The fourth-order valence-electron chi connectivity index (χ4n) is 4.13. The second kappa shape index (κ2) is 13.3. The molecule has 0 unspecified atom stereocenters. The summed E-state index contributed by atoms with van der Waals surface area (Å²) in [7, 11) is 0. The zero-order valence-corrected chi connectivity index (χ0v) is 21.0. The molecule has 1 amide bonds. The fourth-order valence-corrected chi connectivity index (χ4v) is 4.54. The number of nitrogens with zero attached hydrogens (tertiary/aromatic N) is 3. The average molecular weight is 539 g/mol. The van der Waals surface area contributed by atoms with Gasteiger partial charge in [-0.25, -0.2) is 14.6 Å². The van der Waals surface area contributed by atoms with E-state index in [1.807, 2.05) is 18.2 Å². The number of piperazine rings is 1. The molecule has 1 aliphatic heterocycles. The van der Waals surface area contributed by atoms with Gasteiger partial charge in [-0.15, -0.1) is 0 Å². The number of amides is 1. The van der Waals surface area contributed by atoms with Crippen LogP contribution in [0, 0.1) is 5.92 Å². The second-order valence-electron chi connectivity index (χ2n) is 8.55. The summed E-state index contributed by atoms with van der Waals surface area (Å²) in [5.41, 5.74) is 1.03. The highest BCUT2D eigenvalue weighted by Gasteiger charge is 2.31. The first kappa shape index (κ1) is 27.5. The van der Waals surface area contributed by atoms with E-state index in [1.54, 1.807) is 0 Å². The lowest BCUT2D eigenvalue weighted by atomic mass is 9.78. The number of hydrogen-bond donors (Lipinski definition) is 3. The standard InChI is InChI=1S/C20H24Cl2N4O2.C4H4O4/c21-16-2-1-3-17(18(16)22)26-9-7-25(8-10-26)6-4-14-12-15(13-14)24-19(27)20-23-5-11-28-20;5-3(6)1-2-4(7)8/h1-3,5,11,14-15H,4,6-10,12-13H2,(H,24,27);1-2H,(H,5,6)(H,7,8)/b;2-1+. The van der Waals surface area contributed by atoms with Crippen LogP contribution in [0.25, 0.3) is 0 Å². The molecule has 10 nitrogen and oxygen atoms in total. The molecule has 0 radical (unpaired) electrons. The predicted molar refractivity (Wildman–Crippen MR) is 135 cm³/mol. The minimum atomic E-state index is -1.26. The lowest BCUT2D eigenvalue weighted by molar-refractivity contribution is -0.134. The van der Waals surface area contributed by atoms with Gasteiger partial charge in [-0.1, -0.05) is 29.3 Å². The van der Waals surface area contributed by atoms with Gasteiger partial charge in [0.2, 0.25) is 0 Å². The molecular formula is C24H28Cl2N4O6. The van der Waals surface area contributed by atoms with Gasteiger partial charge in [0.25, 0.3) is 5.89 Å². The quantitative estimate of drug-likeness (QED) is 0.431. The van der Waals surface area contributed by atoms with Gasteiger partial charge in [0, 0.05) is 44.4 Å². The van der Waals surface area contributed by atoms with Crippen LogP contribution < -0.4 is 10.2 Å². The third kappa shape index (κ3) is 8.25. The molecule has 0 bridgehead atoms. The van der Waals surface area contributed by atoms with E-state index in [9.17, 15) is 14.4 Å². The van der Waals surface area contributed by atoms with Crippen LogP contribution in [0.3, 0.4) is 0 Å². The molecule has 1 aliphatic carbocycles. The summed E-state index contributed by atoms with van der Waals surface area (Å²) in [6, 6.07) is 6.05. The van der Waals surface area contributed by atoms with Gasteiger partial charge in [0.1, 0.15) is 6.26 Å². The van der Waals surface area contributed by atoms with Crippen LogP contribution in [0.4, 0.5) is 5.69 Å². The number of aliphatic carboxylic acids is 2. The number of carboxylic acid groups (broad SMARTS) is 2. The van der Waals surface area contributed by atoms with Crippen molar-refractivity contribution in [3.05, 3.63) is 58.7 Å². The third-order valence-corrected chi connectivity index (χ3v) is 6.87. The van der Waals surface area contributed by atoms with Gasteiger partial charge in [0.05, 0.1) is 21.9 Å². The Morgan fingerprint density at radius 2 is 1.75 bits per heavy atom. The number of anilines is 1. The highest BCUT2D eigenvalue weighted by molar-refractivity contribution is 6.43. The zero-order valence-electron chi connectivity index (χ0n) is 19.5. The van der Waals surface area contributed by atoms with Crippen LogP contribution in [0.1, 0.15) is 29.9 Å². The Hall–Kier alpha value is -3.08. The summed E-state index contributed by atoms with van der Waals surface area (Å²) < 4.78 is 5.02. The molecule has 3 N–H and O–H groups in total. The van der Waals surface area contributed by atoms with Crippen LogP contribution >= 0.6 is 23.2 Å². The third-order valence-electron chi connectivity index (χ3n) is 6.06. The van der Waals surface area contributed by atoms with E-state index in [2.05, 4.69) is 20.1 Å². The maximum Gasteiger partial charge on any atom is 0.328 e. The SMILES string of the molecule is O=C(NC1CC(CCN2CCN(c3cccc(Cl)c3Cl)CC2)C1)c1ncco1.O=C(O)/C=C/C(=O)O. The molecule has 2 aromatic rings. The molecule has 1 saturated heterocycles. The van der Waals surface area contributed by atoms with Gasteiger partial charge in [-0.2, -0.15) is 0 Å². The Morgan fingerprint density at radius 1 is 1.08 bits per heavy atom. The van der Waals surface area contributed by atoms with Crippen molar-refractivity contribution in [3.8, 4) is 0 Å². The number of carboxylic acids is 2. The molecule has 2 heterocycles. The van der Waals surface area contributed by atoms with Crippen molar-refractivity contribution in [3.63, 3.8) is 0 Å². The van der Waals surface area contributed by atoms with Crippen molar-refractivity contribution in [1.82, 2.24) is 15.2 Å².